The quantitative estimate of drug-likeness (QED) is 0.662. The van der Waals surface area contributed by atoms with Crippen molar-refractivity contribution in [1.29, 1.82) is 0 Å². The number of alkyl halides is 1. The molecule has 1 fully saturated rings. The van der Waals surface area contributed by atoms with Crippen LogP contribution in [-0.4, -0.2) is 43.6 Å². The maximum absolute atomic E-state index is 5.71. The van der Waals surface area contributed by atoms with E-state index in [1.807, 2.05) is 0 Å². The zero-order valence-electron chi connectivity index (χ0n) is 7.46. The summed E-state index contributed by atoms with van der Waals surface area (Å²) in [5, 5.41) is 0. The molecule has 0 bridgehead atoms. The molecule has 1 rings (SSSR count). The summed E-state index contributed by atoms with van der Waals surface area (Å²) in [5.74, 6) is 1.37. The average Bonchev–Trinajstić information content (AvgIpc) is 2.06. The van der Waals surface area contributed by atoms with Gasteiger partial charge >= 0.3 is 0 Å². The summed E-state index contributed by atoms with van der Waals surface area (Å²) in [6.07, 6.45) is 0. The van der Waals surface area contributed by atoms with Crippen LogP contribution in [0.3, 0.4) is 0 Å². The first-order valence-electron chi connectivity index (χ1n) is 4.19. The van der Waals surface area contributed by atoms with E-state index in [4.69, 9.17) is 16.3 Å². The Morgan fingerprint density at radius 1 is 1.42 bits per heavy atom. The lowest BCUT2D eigenvalue weighted by atomic mass is 10.2. The Balaban J connectivity index is 0.00000121. The zero-order valence-corrected chi connectivity index (χ0v) is 9.03. The first-order valence-corrected chi connectivity index (χ1v) is 4.72. The smallest absolute Gasteiger partial charge is 0.0594 e. The molecule has 12 heavy (non-hydrogen) atoms. The molecule has 0 aliphatic carbocycles. The lowest BCUT2D eigenvalue weighted by molar-refractivity contribution is 0.0330. The fourth-order valence-electron chi connectivity index (χ4n) is 1.27. The Morgan fingerprint density at radius 2 is 2.00 bits per heavy atom. The third-order valence-electron chi connectivity index (χ3n) is 1.94. The van der Waals surface area contributed by atoms with Gasteiger partial charge in [-0.05, 0) is 5.92 Å². The van der Waals surface area contributed by atoms with Crippen molar-refractivity contribution in [3.8, 4) is 0 Å². The maximum atomic E-state index is 5.71. The molecule has 0 aromatic heterocycles. The molecule has 74 valence electrons. The van der Waals surface area contributed by atoms with Gasteiger partial charge in [0.25, 0.3) is 0 Å². The van der Waals surface area contributed by atoms with Gasteiger partial charge < -0.3 is 4.74 Å². The number of rotatable bonds is 3. The fraction of sp³-hybridized carbons (Fsp3) is 1.00. The Kier molecular flexibility index (Phi) is 7.25. The molecule has 0 aromatic carbocycles. The molecule has 0 spiro atoms. The largest absolute Gasteiger partial charge is 0.379 e. The van der Waals surface area contributed by atoms with Crippen LogP contribution in [0.2, 0.25) is 0 Å². The number of nitrogens with zero attached hydrogens (tertiary/aromatic N) is 1. The Labute approximate surface area is 85.6 Å². The summed E-state index contributed by atoms with van der Waals surface area (Å²) in [5.41, 5.74) is 0. The van der Waals surface area contributed by atoms with Gasteiger partial charge in [-0.25, -0.2) is 0 Å². The van der Waals surface area contributed by atoms with Crippen LogP contribution in [0.4, 0.5) is 0 Å². The number of hydrogen-bond donors (Lipinski definition) is 0. The van der Waals surface area contributed by atoms with Crippen LogP contribution < -0.4 is 0 Å². The molecule has 1 aliphatic heterocycles. The van der Waals surface area contributed by atoms with Crippen molar-refractivity contribution in [3.05, 3.63) is 0 Å². The summed E-state index contributed by atoms with van der Waals surface area (Å²) in [4.78, 5) is 2.41. The van der Waals surface area contributed by atoms with Crippen molar-refractivity contribution in [2.45, 2.75) is 6.92 Å². The average molecular weight is 214 g/mol. The maximum Gasteiger partial charge on any atom is 0.0594 e. The minimum atomic E-state index is 0. The van der Waals surface area contributed by atoms with Crippen molar-refractivity contribution in [1.82, 2.24) is 4.90 Å². The summed E-state index contributed by atoms with van der Waals surface area (Å²) < 4.78 is 5.24. The van der Waals surface area contributed by atoms with Gasteiger partial charge in [-0.2, -0.15) is 0 Å². The molecule has 0 saturated carbocycles. The summed E-state index contributed by atoms with van der Waals surface area (Å²) in [7, 11) is 0. The monoisotopic (exact) mass is 213 g/mol. The normalized spacial score (nSPS) is 21.5. The Hall–Kier alpha value is 0.500. The molecule has 2 nitrogen and oxygen atoms in total. The van der Waals surface area contributed by atoms with Gasteiger partial charge in [0, 0.05) is 25.5 Å². The van der Waals surface area contributed by atoms with E-state index in [2.05, 4.69) is 11.8 Å². The highest BCUT2D eigenvalue weighted by atomic mass is 35.5. The molecule has 1 aliphatic rings. The van der Waals surface area contributed by atoms with Crippen molar-refractivity contribution in [2.75, 3.05) is 38.7 Å². The van der Waals surface area contributed by atoms with Crippen LogP contribution in [0, 0.1) is 5.92 Å². The van der Waals surface area contributed by atoms with Crippen molar-refractivity contribution in [2.24, 2.45) is 5.92 Å². The van der Waals surface area contributed by atoms with Gasteiger partial charge in [-0.1, -0.05) is 6.92 Å². The lowest BCUT2D eigenvalue weighted by Crippen LogP contribution is -2.39. The predicted molar refractivity (Wildman–Crippen MR) is 54.4 cm³/mol. The number of morpholine rings is 1. The fourth-order valence-corrected chi connectivity index (χ4v) is 1.37. The van der Waals surface area contributed by atoms with Gasteiger partial charge in [-0.15, -0.1) is 24.0 Å². The van der Waals surface area contributed by atoms with E-state index < -0.39 is 0 Å². The van der Waals surface area contributed by atoms with E-state index in [0.717, 1.165) is 38.7 Å². The first-order chi connectivity index (χ1) is 5.33. The number of ether oxygens (including phenoxy) is 1. The SMILES string of the molecule is CC(CCl)CN1CCOCC1.Cl. The van der Waals surface area contributed by atoms with Gasteiger partial charge in [0.2, 0.25) is 0 Å². The lowest BCUT2D eigenvalue weighted by Gasteiger charge is -2.28. The van der Waals surface area contributed by atoms with E-state index in [1.165, 1.54) is 0 Å². The molecule has 1 unspecified atom stereocenters. The van der Waals surface area contributed by atoms with Crippen molar-refractivity contribution >= 4 is 24.0 Å². The van der Waals surface area contributed by atoms with E-state index in [0.29, 0.717) is 5.92 Å². The number of halogens is 2. The summed E-state index contributed by atoms with van der Waals surface area (Å²) in [6, 6.07) is 0. The molecule has 0 radical (unpaired) electrons. The van der Waals surface area contributed by atoms with Crippen LogP contribution in [0.25, 0.3) is 0 Å². The molecule has 0 aromatic rings. The van der Waals surface area contributed by atoms with Crippen molar-refractivity contribution in [3.63, 3.8) is 0 Å². The van der Waals surface area contributed by atoms with Gasteiger partial charge in [0.15, 0.2) is 0 Å². The van der Waals surface area contributed by atoms with Gasteiger partial charge in [0.05, 0.1) is 13.2 Å². The molecule has 0 N–H and O–H groups in total. The van der Waals surface area contributed by atoms with E-state index in [-0.39, 0.29) is 12.4 Å². The molecule has 1 atom stereocenters. The highest BCUT2D eigenvalue weighted by Crippen LogP contribution is 2.04. The van der Waals surface area contributed by atoms with Gasteiger partial charge in [0.1, 0.15) is 0 Å². The molecule has 1 saturated heterocycles. The zero-order chi connectivity index (χ0) is 8.10. The second-order valence-corrected chi connectivity index (χ2v) is 3.48. The van der Waals surface area contributed by atoms with Crippen LogP contribution in [-0.2, 0) is 4.74 Å². The van der Waals surface area contributed by atoms with E-state index in [9.17, 15) is 0 Å². The van der Waals surface area contributed by atoms with E-state index >= 15 is 0 Å². The minimum absolute atomic E-state index is 0. The number of hydrogen-bond acceptors (Lipinski definition) is 2. The van der Waals surface area contributed by atoms with Crippen molar-refractivity contribution < 1.29 is 4.74 Å². The van der Waals surface area contributed by atoms with Gasteiger partial charge in [-0.3, -0.25) is 4.90 Å². The Bertz CT molecular complexity index is 107. The second-order valence-electron chi connectivity index (χ2n) is 3.17. The van der Waals surface area contributed by atoms with Crippen LogP contribution in [0.15, 0.2) is 0 Å². The Morgan fingerprint density at radius 3 is 2.50 bits per heavy atom. The molecule has 1 heterocycles. The standard InChI is InChI=1S/C8H16ClNO.ClH/c1-8(6-9)7-10-2-4-11-5-3-10;/h8H,2-7H2,1H3;1H. The summed E-state index contributed by atoms with van der Waals surface area (Å²) >= 11 is 5.71. The third-order valence-corrected chi connectivity index (χ3v) is 2.46. The van der Waals surface area contributed by atoms with Crippen LogP contribution in [0.5, 0.6) is 0 Å². The molecule has 0 amide bonds. The topological polar surface area (TPSA) is 12.5 Å². The highest BCUT2D eigenvalue weighted by molar-refractivity contribution is 6.18. The first kappa shape index (κ1) is 12.5. The third kappa shape index (κ3) is 4.51. The summed E-state index contributed by atoms with van der Waals surface area (Å²) in [6.45, 7) is 7.21. The molecular formula is C8H17Cl2NO. The second kappa shape index (κ2) is 6.96. The minimum Gasteiger partial charge on any atom is -0.379 e. The predicted octanol–water partition coefficient (Wildman–Crippen LogP) is 1.62. The highest BCUT2D eigenvalue weighted by Gasteiger charge is 2.12. The van der Waals surface area contributed by atoms with Crippen LogP contribution >= 0.6 is 24.0 Å². The van der Waals surface area contributed by atoms with Crippen LogP contribution in [0.1, 0.15) is 6.92 Å². The molecular weight excluding hydrogens is 197 g/mol. The van der Waals surface area contributed by atoms with E-state index in [1.54, 1.807) is 0 Å². The molecule has 4 heteroatoms.